The first-order valence-corrected chi connectivity index (χ1v) is 11.5. The van der Waals surface area contributed by atoms with Crippen LogP contribution in [-0.2, 0) is 17.8 Å². The summed E-state index contributed by atoms with van der Waals surface area (Å²) >= 11 is 0. The third kappa shape index (κ3) is 5.19. The number of carbonyl (C=O) groups is 1. The zero-order valence-electron chi connectivity index (χ0n) is 19.7. The number of H-pyrrole nitrogens is 1. The van der Waals surface area contributed by atoms with Gasteiger partial charge in [0.15, 0.2) is 0 Å². The van der Waals surface area contributed by atoms with E-state index < -0.39 is 0 Å². The van der Waals surface area contributed by atoms with Gasteiger partial charge in [-0.15, -0.1) is 0 Å². The van der Waals surface area contributed by atoms with Gasteiger partial charge in [-0.25, -0.2) is 9.97 Å². The standard InChI is InChI=1S/C28H26N6O/c1-18-14-24(31-16-20-5-8-23(9-6-20)32-19(2)35)10-7-21(18)15-26-33-25-11-13-30-28(25)27(34-26)22-4-3-12-29-17-22/h3-14,17,30-31H,15-16H2,1-2H3,(H,32,35). The highest BCUT2D eigenvalue weighted by Crippen LogP contribution is 2.26. The number of rotatable bonds is 7. The van der Waals surface area contributed by atoms with Crippen LogP contribution >= 0.6 is 0 Å². The maximum Gasteiger partial charge on any atom is 0.221 e. The minimum atomic E-state index is -0.0712. The summed E-state index contributed by atoms with van der Waals surface area (Å²) in [6.45, 7) is 4.31. The fourth-order valence-corrected chi connectivity index (χ4v) is 4.07. The van der Waals surface area contributed by atoms with Gasteiger partial charge in [0.05, 0.1) is 16.7 Å². The molecule has 0 saturated carbocycles. The molecule has 3 heterocycles. The third-order valence-corrected chi connectivity index (χ3v) is 5.85. The molecule has 5 aromatic rings. The smallest absolute Gasteiger partial charge is 0.221 e. The van der Waals surface area contributed by atoms with Crippen LogP contribution in [0.25, 0.3) is 22.3 Å². The number of anilines is 2. The van der Waals surface area contributed by atoms with Gasteiger partial charge in [-0.05, 0) is 66.1 Å². The van der Waals surface area contributed by atoms with E-state index in [1.165, 1.54) is 18.1 Å². The highest BCUT2D eigenvalue weighted by atomic mass is 16.1. The van der Waals surface area contributed by atoms with Gasteiger partial charge in [0.1, 0.15) is 5.82 Å². The molecule has 2 aromatic carbocycles. The third-order valence-electron chi connectivity index (χ3n) is 5.85. The first kappa shape index (κ1) is 22.3. The number of hydrogen-bond donors (Lipinski definition) is 3. The van der Waals surface area contributed by atoms with Crippen molar-refractivity contribution in [2.75, 3.05) is 10.6 Å². The van der Waals surface area contributed by atoms with Gasteiger partial charge in [-0.1, -0.05) is 18.2 Å². The minimum Gasteiger partial charge on any atom is -0.381 e. The molecule has 0 unspecified atom stereocenters. The molecule has 5 rings (SSSR count). The second-order valence-electron chi connectivity index (χ2n) is 8.52. The summed E-state index contributed by atoms with van der Waals surface area (Å²) in [6.07, 6.45) is 6.12. The molecular formula is C28H26N6O. The van der Waals surface area contributed by atoms with Gasteiger partial charge in [0, 0.05) is 55.4 Å². The van der Waals surface area contributed by atoms with Gasteiger partial charge < -0.3 is 15.6 Å². The van der Waals surface area contributed by atoms with Crippen LogP contribution in [0.15, 0.2) is 79.3 Å². The molecule has 174 valence electrons. The zero-order chi connectivity index (χ0) is 24.2. The number of aryl methyl sites for hydroxylation is 1. The van der Waals surface area contributed by atoms with Crippen molar-refractivity contribution in [2.45, 2.75) is 26.8 Å². The molecule has 0 radical (unpaired) electrons. The summed E-state index contributed by atoms with van der Waals surface area (Å²) < 4.78 is 0. The summed E-state index contributed by atoms with van der Waals surface area (Å²) in [7, 11) is 0. The molecule has 35 heavy (non-hydrogen) atoms. The Morgan fingerprint density at radius 2 is 1.83 bits per heavy atom. The number of hydrogen-bond acceptors (Lipinski definition) is 5. The molecule has 0 aliphatic rings. The molecule has 0 fully saturated rings. The number of pyridine rings is 1. The predicted molar refractivity (Wildman–Crippen MR) is 139 cm³/mol. The molecule has 3 aromatic heterocycles. The summed E-state index contributed by atoms with van der Waals surface area (Å²) in [6, 6.07) is 20.1. The maximum absolute atomic E-state index is 11.2. The molecule has 0 atom stereocenters. The van der Waals surface area contributed by atoms with E-state index in [-0.39, 0.29) is 5.91 Å². The molecule has 1 amide bonds. The largest absolute Gasteiger partial charge is 0.381 e. The number of nitrogens with one attached hydrogen (secondary N) is 3. The molecule has 0 bridgehead atoms. The van der Waals surface area contributed by atoms with E-state index >= 15 is 0 Å². The van der Waals surface area contributed by atoms with Gasteiger partial charge in [0.2, 0.25) is 5.91 Å². The van der Waals surface area contributed by atoms with Crippen molar-refractivity contribution in [2.24, 2.45) is 0 Å². The monoisotopic (exact) mass is 462 g/mol. The normalized spacial score (nSPS) is 10.9. The maximum atomic E-state index is 11.2. The Balaban J connectivity index is 1.31. The van der Waals surface area contributed by atoms with Crippen LogP contribution in [0.1, 0.15) is 29.4 Å². The lowest BCUT2D eigenvalue weighted by atomic mass is 10.0. The van der Waals surface area contributed by atoms with Gasteiger partial charge >= 0.3 is 0 Å². The van der Waals surface area contributed by atoms with Crippen molar-refractivity contribution in [3.05, 3.63) is 102 Å². The summed E-state index contributed by atoms with van der Waals surface area (Å²) in [5, 5.41) is 6.26. The molecule has 0 aliphatic carbocycles. The van der Waals surface area contributed by atoms with E-state index in [0.717, 1.165) is 45.1 Å². The van der Waals surface area contributed by atoms with Crippen LogP contribution in [-0.4, -0.2) is 25.8 Å². The van der Waals surface area contributed by atoms with Crippen LogP contribution in [0.3, 0.4) is 0 Å². The lowest BCUT2D eigenvalue weighted by Gasteiger charge is -2.12. The van der Waals surface area contributed by atoms with E-state index in [1.54, 1.807) is 6.20 Å². The average Bonchev–Trinajstić information content (AvgIpc) is 3.33. The molecule has 0 aliphatic heterocycles. The van der Waals surface area contributed by atoms with Crippen molar-refractivity contribution in [3.8, 4) is 11.3 Å². The van der Waals surface area contributed by atoms with Crippen LogP contribution in [0.4, 0.5) is 11.4 Å². The van der Waals surface area contributed by atoms with Crippen molar-refractivity contribution < 1.29 is 4.79 Å². The van der Waals surface area contributed by atoms with E-state index in [0.29, 0.717) is 13.0 Å². The van der Waals surface area contributed by atoms with Crippen molar-refractivity contribution in [3.63, 3.8) is 0 Å². The highest BCUT2D eigenvalue weighted by Gasteiger charge is 2.12. The van der Waals surface area contributed by atoms with Crippen LogP contribution < -0.4 is 10.6 Å². The Hall–Kier alpha value is -4.52. The minimum absolute atomic E-state index is 0.0712. The van der Waals surface area contributed by atoms with Gasteiger partial charge in [-0.2, -0.15) is 0 Å². The molecule has 3 N–H and O–H groups in total. The Kier molecular flexibility index (Phi) is 6.22. The van der Waals surface area contributed by atoms with Crippen molar-refractivity contribution in [1.82, 2.24) is 19.9 Å². The summed E-state index contributed by atoms with van der Waals surface area (Å²) in [4.78, 5) is 28.3. The second kappa shape index (κ2) is 9.77. The summed E-state index contributed by atoms with van der Waals surface area (Å²) in [5.74, 6) is 0.706. The number of aromatic nitrogens is 4. The SMILES string of the molecule is CC(=O)Nc1ccc(CNc2ccc(Cc3nc(-c4cccnc4)c4[nH]ccc4n3)c(C)c2)cc1. The van der Waals surface area contributed by atoms with E-state index in [9.17, 15) is 4.79 Å². The van der Waals surface area contributed by atoms with Crippen LogP contribution in [0.5, 0.6) is 0 Å². The summed E-state index contributed by atoms with van der Waals surface area (Å²) in [5.41, 5.74) is 8.99. The molecule has 7 nitrogen and oxygen atoms in total. The topological polar surface area (TPSA) is 95.6 Å². The van der Waals surface area contributed by atoms with Gasteiger partial charge in [-0.3, -0.25) is 9.78 Å². The van der Waals surface area contributed by atoms with E-state index in [2.05, 4.69) is 45.7 Å². The Labute approximate surface area is 203 Å². The number of amides is 1. The van der Waals surface area contributed by atoms with Gasteiger partial charge in [0.25, 0.3) is 0 Å². The molecular weight excluding hydrogens is 436 g/mol. The molecule has 7 heteroatoms. The fourth-order valence-electron chi connectivity index (χ4n) is 4.07. The predicted octanol–water partition coefficient (Wildman–Crippen LogP) is 5.49. The number of carbonyl (C=O) groups excluding carboxylic acids is 1. The highest BCUT2D eigenvalue weighted by molar-refractivity contribution is 5.89. The zero-order valence-corrected chi connectivity index (χ0v) is 19.7. The quantitative estimate of drug-likeness (QED) is 0.297. The molecule has 0 spiro atoms. The lowest BCUT2D eigenvalue weighted by molar-refractivity contribution is -0.114. The average molecular weight is 463 g/mol. The first-order valence-electron chi connectivity index (χ1n) is 11.5. The van der Waals surface area contributed by atoms with Crippen molar-refractivity contribution in [1.29, 1.82) is 0 Å². The lowest BCUT2D eigenvalue weighted by Crippen LogP contribution is -2.06. The van der Waals surface area contributed by atoms with E-state index in [4.69, 9.17) is 9.97 Å². The van der Waals surface area contributed by atoms with E-state index in [1.807, 2.05) is 54.9 Å². The Morgan fingerprint density at radius 3 is 2.57 bits per heavy atom. The number of nitrogens with zero attached hydrogens (tertiary/aromatic N) is 3. The second-order valence-corrected chi connectivity index (χ2v) is 8.52. The van der Waals surface area contributed by atoms with Crippen molar-refractivity contribution >= 4 is 28.3 Å². The Bertz CT molecular complexity index is 1480. The van der Waals surface area contributed by atoms with Crippen LogP contribution in [0.2, 0.25) is 0 Å². The number of aromatic amines is 1. The van der Waals surface area contributed by atoms with Crippen LogP contribution in [0, 0.1) is 6.92 Å². The number of benzene rings is 2. The first-order chi connectivity index (χ1) is 17.0. The Morgan fingerprint density at radius 1 is 1.00 bits per heavy atom. The fraction of sp³-hybridized carbons (Fsp3) is 0.143. The molecule has 0 saturated heterocycles. The number of fused-ring (bicyclic) bond motifs is 1.